The van der Waals surface area contributed by atoms with E-state index in [0.29, 0.717) is 5.56 Å². The van der Waals surface area contributed by atoms with Crippen molar-refractivity contribution in [2.45, 2.75) is 25.8 Å². The lowest BCUT2D eigenvalue weighted by atomic mass is 10.1. The first-order chi connectivity index (χ1) is 12.1. The van der Waals surface area contributed by atoms with Crippen molar-refractivity contribution >= 4 is 5.91 Å². The largest absolute Gasteiger partial charge is 0.345 e. The van der Waals surface area contributed by atoms with Crippen LogP contribution in [0.3, 0.4) is 0 Å². The molecule has 1 aliphatic carbocycles. The fourth-order valence-electron chi connectivity index (χ4n) is 3.36. The number of rotatable bonds is 3. The topological polar surface area (TPSA) is 46.9 Å². The summed E-state index contributed by atoms with van der Waals surface area (Å²) in [6.07, 6.45) is 4.92. The molecule has 1 amide bonds. The predicted molar refractivity (Wildman–Crippen MR) is 93.2 cm³/mol. The number of aromatic nitrogens is 2. The number of hydrogen-bond acceptors (Lipinski definition) is 2. The minimum absolute atomic E-state index is 0.153. The van der Waals surface area contributed by atoms with Crippen molar-refractivity contribution in [2.24, 2.45) is 0 Å². The third-order valence-electron chi connectivity index (χ3n) is 4.70. The van der Waals surface area contributed by atoms with Crippen LogP contribution in [0.1, 0.15) is 39.5 Å². The first-order valence-electron chi connectivity index (χ1n) is 8.31. The van der Waals surface area contributed by atoms with Crippen LogP contribution in [0.2, 0.25) is 0 Å². The molecule has 1 atom stereocenters. The quantitative estimate of drug-likeness (QED) is 0.793. The number of nitrogens with zero attached hydrogens (tertiary/aromatic N) is 2. The molecule has 1 aliphatic rings. The van der Waals surface area contributed by atoms with Gasteiger partial charge in [-0.25, -0.2) is 9.07 Å². The molecule has 1 aromatic heterocycles. The zero-order chi connectivity index (χ0) is 17.4. The summed E-state index contributed by atoms with van der Waals surface area (Å²) in [5.74, 6) is -0.464. The second-order valence-corrected chi connectivity index (χ2v) is 6.37. The number of para-hydroxylation sites is 1. The number of carbonyl (C=O) groups excluding carboxylic acids is 1. The number of aryl methyl sites for hydroxylation is 2. The first kappa shape index (κ1) is 15.6. The van der Waals surface area contributed by atoms with Gasteiger partial charge in [-0.2, -0.15) is 5.10 Å². The maximum Gasteiger partial charge on any atom is 0.254 e. The van der Waals surface area contributed by atoms with E-state index in [9.17, 15) is 9.18 Å². The second kappa shape index (κ2) is 6.16. The Morgan fingerprint density at radius 1 is 1.28 bits per heavy atom. The van der Waals surface area contributed by atoms with Gasteiger partial charge in [0.2, 0.25) is 0 Å². The summed E-state index contributed by atoms with van der Waals surface area (Å²) in [5.41, 5.74) is 4.49. The van der Waals surface area contributed by atoms with Gasteiger partial charge in [0.1, 0.15) is 5.82 Å². The number of amides is 1. The van der Waals surface area contributed by atoms with Gasteiger partial charge in [0.05, 0.1) is 23.5 Å². The van der Waals surface area contributed by atoms with Gasteiger partial charge in [-0.1, -0.05) is 24.3 Å². The molecule has 1 N–H and O–H groups in total. The third kappa shape index (κ3) is 2.93. The molecule has 1 unspecified atom stereocenters. The molecule has 0 radical (unpaired) electrons. The fourth-order valence-corrected chi connectivity index (χ4v) is 3.36. The predicted octanol–water partition coefficient (Wildman–Crippen LogP) is 3.74. The summed E-state index contributed by atoms with van der Waals surface area (Å²) in [4.78, 5) is 12.6. The van der Waals surface area contributed by atoms with Crippen LogP contribution in [0.4, 0.5) is 4.39 Å². The van der Waals surface area contributed by atoms with Gasteiger partial charge in [0.25, 0.3) is 5.91 Å². The monoisotopic (exact) mass is 335 g/mol. The lowest BCUT2D eigenvalue weighted by Gasteiger charge is -2.13. The van der Waals surface area contributed by atoms with Crippen LogP contribution < -0.4 is 5.32 Å². The lowest BCUT2D eigenvalue weighted by Crippen LogP contribution is -2.26. The number of halogens is 1. The summed E-state index contributed by atoms with van der Waals surface area (Å²) in [6.45, 7) is 2.00. The van der Waals surface area contributed by atoms with Gasteiger partial charge in [-0.05, 0) is 54.7 Å². The van der Waals surface area contributed by atoms with Crippen molar-refractivity contribution in [1.29, 1.82) is 0 Å². The Morgan fingerprint density at radius 3 is 2.96 bits per heavy atom. The summed E-state index contributed by atoms with van der Waals surface area (Å²) >= 11 is 0. The Bertz CT molecular complexity index is 948. The van der Waals surface area contributed by atoms with E-state index in [1.165, 1.54) is 12.1 Å². The first-order valence-corrected chi connectivity index (χ1v) is 8.31. The van der Waals surface area contributed by atoms with E-state index in [0.717, 1.165) is 35.2 Å². The lowest BCUT2D eigenvalue weighted by molar-refractivity contribution is 0.0936. The summed E-state index contributed by atoms with van der Waals surface area (Å²) in [7, 11) is 0. The standard InChI is InChI=1S/C20H18FN3O/c1-13-4-2-3-5-19(13)24-12-15(11-22-24)20(25)23-18-9-7-14-6-8-16(21)10-17(14)18/h2-6,8,10-12,18H,7,9H2,1H3,(H,23,25). The minimum Gasteiger partial charge on any atom is -0.345 e. The van der Waals surface area contributed by atoms with Crippen LogP contribution in [0.25, 0.3) is 5.69 Å². The highest BCUT2D eigenvalue weighted by atomic mass is 19.1. The van der Waals surface area contributed by atoms with E-state index in [-0.39, 0.29) is 17.8 Å². The molecule has 4 nitrogen and oxygen atoms in total. The minimum atomic E-state index is -0.271. The fraction of sp³-hybridized carbons (Fsp3) is 0.200. The van der Waals surface area contributed by atoms with Crippen molar-refractivity contribution in [1.82, 2.24) is 15.1 Å². The maximum atomic E-state index is 13.5. The molecular weight excluding hydrogens is 317 g/mol. The molecule has 1 heterocycles. The van der Waals surface area contributed by atoms with Crippen molar-refractivity contribution in [3.63, 3.8) is 0 Å². The Kier molecular flexibility index (Phi) is 3.84. The molecule has 0 spiro atoms. The molecule has 5 heteroatoms. The average Bonchev–Trinajstić information content (AvgIpc) is 3.23. The Balaban J connectivity index is 1.54. The molecule has 0 saturated carbocycles. The van der Waals surface area contributed by atoms with Crippen LogP contribution in [-0.4, -0.2) is 15.7 Å². The van der Waals surface area contributed by atoms with E-state index >= 15 is 0 Å². The van der Waals surface area contributed by atoms with Crippen LogP contribution in [0, 0.1) is 12.7 Å². The second-order valence-electron chi connectivity index (χ2n) is 6.37. The highest BCUT2D eigenvalue weighted by Crippen LogP contribution is 2.31. The van der Waals surface area contributed by atoms with Crippen LogP contribution in [-0.2, 0) is 6.42 Å². The molecule has 0 fully saturated rings. The van der Waals surface area contributed by atoms with Gasteiger partial charge >= 0.3 is 0 Å². The average molecular weight is 335 g/mol. The van der Waals surface area contributed by atoms with Crippen LogP contribution in [0.15, 0.2) is 54.9 Å². The molecule has 0 bridgehead atoms. The SMILES string of the molecule is Cc1ccccc1-n1cc(C(=O)NC2CCc3ccc(F)cc32)cn1. The third-order valence-corrected chi connectivity index (χ3v) is 4.70. The number of hydrogen-bond donors (Lipinski definition) is 1. The molecule has 2 aromatic carbocycles. The normalized spacial score (nSPS) is 15.8. The Morgan fingerprint density at radius 2 is 2.12 bits per heavy atom. The van der Waals surface area contributed by atoms with Crippen molar-refractivity contribution in [2.75, 3.05) is 0 Å². The summed E-state index contributed by atoms with van der Waals surface area (Å²) < 4.78 is 15.2. The maximum absolute atomic E-state index is 13.5. The van der Waals surface area contributed by atoms with Crippen molar-refractivity contribution in [3.8, 4) is 5.69 Å². The molecule has 3 aromatic rings. The number of nitrogens with one attached hydrogen (secondary N) is 1. The van der Waals surface area contributed by atoms with E-state index in [4.69, 9.17) is 0 Å². The Hall–Kier alpha value is -2.95. The van der Waals surface area contributed by atoms with E-state index in [1.807, 2.05) is 31.2 Å². The number of benzene rings is 2. The number of carbonyl (C=O) groups is 1. The van der Waals surface area contributed by atoms with Crippen molar-refractivity contribution < 1.29 is 9.18 Å². The molecule has 25 heavy (non-hydrogen) atoms. The van der Waals surface area contributed by atoms with Gasteiger partial charge in [0.15, 0.2) is 0 Å². The van der Waals surface area contributed by atoms with Gasteiger partial charge in [-0.3, -0.25) is 4.79 Å². The highest BCUT2D eigenvalue weighted by molar-refractivity contribution is 5.94. The van der Waals surface area contributed by atoms with E-state index in [1.54, 1.807) is 23.1 Å². The molecule has 0 saturated heterocycles. The summed E-state index contributed by atoms with van der Waals surface area (Å²) in [5, 5.41) is 7.30. The molecule has 4 rings (SSSR count). The smallest absolute Gasteiger partial charge is 0.254 e. The van der Waals surface area contributed by atoms with E-state index in [2.05, 4.69) is 10.4 Å². The molecule has 126 valence electrons. The zero-order valence-electron chi connectivity index (χ0n) is 13.9. The van der Waals surface area contributed by atoms with E-state index < -0.39 is 0 Å². The van der Waals surface area contributed by atoms with Gasteiger partial charge < -0.3 is 5.32 Å². The van der Waals surface area contributed by atoms with Crippen LogP contribution >= 0.6 is 0 Å². The zero-order valence-corrected chi connectivity index (χ0v) is 13.9. The summed E-state index contributed by atoms with van der Waals surface area (Å²) in [6, 6.07) is 12.5. The van der Waals surface area contributed by atoms with Crippen LogP contribution in [0.5, 0.6) is 0 Å². The Labute approximate surface area is 145 Å². The van der Waals surface area contributed by atoms with Gasteiger partial charge in [0, 0.05) is 6.20 Å². The molecular formula is C20H18FN3O. The highest BCUT2D eigenvalue weighted by Gasteiger charge is 2.25. The van der Waals surface area contributed by atoms with Crippen molar-refractivity contribution in [3.05, 3.63) is 82.9 Å². The van der Waals surface area contributed by atoms with Gasteiger partial charge in [-0.15, -0.1) is 0 Å². The number of fused-ring (bicyclic) bond motifs is 1. The molecule has 0 aliphatic heterocycles.